The predicted octanol–water partition coefficient (Wildman–Crippen LogP) is 2.76. The van der Waals surface area contributed by atoms with Gasteiger partial charge in [-0.05, 0) is 12.1 Å². The van der Waals surface area contributed by atoms with Gasteiger partial charge >= 0.3 is 0 Å². The molecule has 4 nitrogen and oxygen atoms in total. The summed E-state index contributed by atoms with van der Waals surface area (Å²) >= 11 is 0. The molecule has 0 fully saturated rings. The van der Waals surface area contributed by atoms with E-state index in [2.05, 4.69) is 4.98 Å². The molecule has 0 saturated carbocycles. The van der Waals surface area contributed by atoms with Gasteiger partial charge in [-0.2, -0.15) is 0 Å². The van der Waals surface area contributed by atoms with Crippen LogP contribution in [0.2, 0.25) is 0 Å². The quantitative estimate of drug-likeness (QED) is 0.813. The number of hydrogen-bond acceptors (Lipinski definition) is 4. The Kier molecular flexibility index (Phi) is 2.19. The van der Waals surface area contributed by atoms with Crippen molar-refractivity contribution in [2.45, 2.75) is 0 Å². The van der Waals surface area contributed by atoms with Gasteiger partial charge in [0.05, 0.1) is 0 Å². The number of para-hydroxylation sites is 1. The van der Waals surface area contributed by atoms with Gasteiger partial charge < -0.3 is 14.6 Å². The van der Waals surface area contributed by atoms with E-state index in [1.165, 1.54) is 18.8 Å². The Labute approximate surface area is 97.4 Å². The second-order valence-corrected chi connectivity index (χ2v) is 3.55. The SMILES string of the molecule is Oc1cccc2ccc(C3=COC=CO3)nc12. The van der Waals surface area contributed by atoms with Crippen LogP contribution in [0.15, 0.2) is 49.1 Å². The van der Waals surface area contributed by atoms with Crippen molar-refractivity contribution in [3.63, 3.8) is 0 Å². The fraction of sp³-hybridized carbons (Fsp3) is 0. The van der Waals surface area contributed by atoms with Crippen molar-refractivity contribution in [2.75, 3.05) is 0 Å². The van der Waals surface area contributed by atoms with Gasteiger partial charge in [-0.3, -0.25) is 0 Å². The highest BCUT2D eigenvalue weighted by atomic mass is 16.5. The molecule has 84 valence electrons. The molecule has 0 amide bonds. The van der Waals surface area contributed by atoms with Crippen molar-refractivity contribution < 1.29 is 14.6 Å². The highest BCUT2D eigenvalue weighted by Crippen LogP contribution is 2.25. The van der Waals surface area contributed by atoms with Crippen molar-refractivity contribution in [3.8, 4) is 5.75 Å². The van der Waals surface area contributed by atoms with Crippen LogP contribution in [0, 0.1) is 0 Å². The summed E-state index contributed by atoms with van der Waals surface area (Å²) in [7, 11) is 0. The number of rotatable bonds is 1. The van der Waals surface area contributed by atoms with E-state index in [4.69, 9.17) is 9.47 Å². The van der Waals surface area contributed by atoms with Crippen molar-refractivity contribution in [2.24, 2.45) is 0 Å². The smallest absolute Gasteiger partial charge is 0.187 e. The maximum absolute atomic E-state index is 9.73. The van der Waals surface area contributed by atoms with E-state index in [1.807, 2.05) is 18.2 Å². The normalized spacial score (nSPS) is 14.0. The average molecular weight is 227 g/mol. The first-order valence-corrected chi connectivity index (χ1v) is 5.11. The summed E-state index contributed by atoms with van der Waals surface area (Å²) in [6, 6.07) is 8.96. The van der Waals surface area contributed by atoms with Gasteiger partial charge in [0.1, 0.15) is 35.7 Å². The fourth-order valence-corrected chi connectivity index (χ4v) is 1.65. The number of aromatic nitrogens is 1. The zero-order valence-corrected chi connectivity index (χ0v) is 8.83. The second kappa shape index (κ2) is 3.83. The van der Waals surface area contributed by atoms with E-state index in [0.29, 0.717) is 17.0 Å². The Morgan fingerprint density at radius 2 is 2.00 bits per heavy atom. The third-order valence-electron chi connectivity index (χ3n) is 2.46. The molecule has 0 saturated heterocycles. The minimum atomic E-state index is 0.150. The maximum atomic E-state index is 9.73. The Morgan fingerprint density at radius 1 is 1.06 bits per heavy atom. The number of nitrogens with zero attached hydrogens (tertiary/aromatic N) is 1. The molecule has 2 aromatic rings. The topological polar surface area (TPSA) is 51.6 Å². The van der Waals surface area contributed by atoms with Gasteiger partial charge in [-0.1, -0.05) is 18.2 Å². The molecular formula is C13H9NO3. The molecule has 2 heterocycles. The lowest BCUT2D eigenvalue weighted by Gasteiger charge is -2.10. The maximum Gasteiger partial charge on any atom is 0.187 e. The first-order valence-electron chi connectivity index (χ1n) is 5.11. The number of hydrogen-bond donors (Lipinski definition) is 1. The highest BCUT2D eigenvalue weighted by molar-refractivity contribution is 5.85. The van der Waals surface area contributed by atoms with Gasteiger partial charge in [-0.15, -0.1) is 0 Å². The molecule has 1 aliphatic heterocycles. The lowest BCUT2D eigenvalue weighted by Crippen LogP contribution is -1.95. The van der Waals surface area contributed by atoms with Crippen LogP contribution < -0.4 is 0 Å². The molecule has 0 aliphatic carbocycles. The van der Waals surface area contributed by atoms with Gasteiger partial charge in [0.2, 0.25) is 0 Å². The first kappa shape index (κ1) is 9.72. The Balaban J connectivity index is 2.13. The molecule has 1 N–H and O–H groups in total. The average Bonchev–Trinajstić information content (AvgIpc) is 2.40. The molecule has 0 spiro atoms. The third kappa shape index (κ3) is 1.69. The van der Waals surface area contributed by atoms with E-state index in [0.717, 1.165) is 5.39 Å². The van der Waals surface area contributed by atoms with Crippen LogP contribution in [0.5, 0.6) is 5.75 Å². The molecular weight excluding hydrogens is 218 g/mol. The molecule has 17 heavy (non-hydrogen) atoms. The molecule has 0 radical (unpaired) electrons. The van der Waals surface area contributed by atoms with E-state index in [1.54, 1.807) is 12.1 Å². The summed E-state index contributed by atoms with van der Waals surface area (Å²) < 4.78 is 10.3. The molecule has 1 aromatic carbocycles. The van der Waals surface area contributed by atoms with Crippen molar-refractivity contribution in [3.05, 3.63) is 54.8 Å². The zero-order valence-electron chi connectivity index (χ0n) is 8.83. The zero-order chi connectivity index (χ0) is 11.7. The van der Waals surface area contributed by atoms with Crippen LogP contribution in [0.25, 0.3) is 16.7 Å². The molecule has 0 atom stereocenters. The van der Waals surface area contributed by atoms with Gasteiger partial charge in [0.15, 0.2) is 5.76 Å². The van der Waals surface area contributed by atoms with Crippen LogP contribution in [-0.2, 0) is 9.47 Å². The fourth-order valence-electron chi connectivity index (χ4n) is 1.65. The number of fused-ring (bicyclic) bond motifs is 1. The van der Waals surface area contributed by atoms with Gasteiger partial charge in [0.25, 0.3) is 0 Å². The van der Waals surface area contributed by atoms with Crippen LogP contribution in [-0.4, -0.2) is 10.1 Å². The molecule has 1 aliphatic rings. The summed E-state index contributed by atoms with van der Waals surface area (Å²) in [5.41, 5.74) is 1.16. The molecule has 0 bridgehead atoms. The Bertz CT molecular complexity index is 632. The van der Waals surface area contributed by atoms with Crippen molar-refractivity contribution >= 4 is 16.7 Å². The van der Waals surface area contributed by atoms with Gasteiger partial charge in [-0.25, -0.2) is 4.98 Å². The largest absolute Gasteiger partial charge is 0.506 e. The number of ether oxygens (including phenoxy) is 2. The Hall–Kier alpha value is -2.49. The summed E-state index contributed by atoms with van der Waals surface area (Å²) in [5.74, 6) is 0.662. The monoisotopic (exact) mass is 227 g/mol. The van der Waals surface area contributed by atoms with E-state index >= 15 is 0 Å². The summed E-state index contributed by atoms with van der Waals surface area (Å²) in [4.78, 5) is 4.34. The number of aromatic hydroxyl groups is 1. The summed E-state index contributed by atoms with van der Waals surface area (Å²) in [5, 5.41) is 10.6. The lowest BCUT2D eigenvalue weighted by atomic mass is 10.2. The molecule has 3 rings (SSSR count). The first-order chi connectivity index (χ1) is 8.34. The summed E-state index contributed by atoms with van der Waals surface area (Å²) in [6.07, 6.45) is 4.34. The van der Waals surface area contributed by atoms with E-state index in [9.17, 15) is 5.11 Å². The van der Waals surface area contributed by atoms with Gasteiger partial charge in [0, 0.05) is 5.39 Å². The Morgan fingerprint density at radius 3 is 2.82 bits per heavy atom. The molecule has 0 unspecified atom stereocenters. The lowest BCUT2D eigenvalue weighted by molar-refractivity contribution is 0.311. The van der Waals surface area contributed by atoms with Crippen LogP contribution >= 0.6 is 0 Å². The highest BCUT2D eigenvalue weighted by Gasteiger charge is 2.09. The number of benzene rings is 1. The minimum Gasteiger partial charge on any atom is -0.506 e. The van der Waals surface area contributed by atoms with Crippen LogP contribution in [0.3, 0.4) is 0 Å². The van der Waals surface area contributed by atoms with Crippen LogP contribution in [0.4, 0.5) is 0 Å². The molecule has 1 aromatic heterocycles. The second-order valence-electron chi connectivity index (χ2n) is 3.55. The minimum absolute atomic E-state index is 0.150. The standard InChI is InChI=1S/C13H9NO3/c15-11-3-1-2-9-4-5-10(14-13(9)11)12-8-16-6-7-17-12/h1-8,15H. The number of phenols is 1. The number of phenolic OH excluding ortho intramolecular Hbond substituents is 1. The van der Waals surface area contributed by atoms with E-state index < -0.39 is 0 Å². The predicted molar refractivity (Wildman–Crippen MR) is 62.7 cm³/mol. The third-order valence-corrected chi connectivity index (χ3v) is 2.46. The molecule has 4 heteroatoms. The van der Waals surface area contributed by atoms with Crippen LogP contribution in [0.1, 0.15) is 5.69 Å². The number of pyridine rings is 1. The van der Waals surface area contributed by atoms with Crippen molar-refractivity contribution in [1.29, 1.82) is 0 Å². The summed E-state index contributed by atoms with van der Waals surface area (Å²) in [6.45, 7) is 0. The van der Waals surface area contributed by atoms with Crippen molar-refractivity contribution in [1.82, 2.24) is 4.98 Å². The van der Waals surface area contributed by atoms with E-state index in [-0.39, 0.29) is 5.75 Å².